The fourth-order valence-electron chi connectivity index (χ4n) is 0.520. The van der Waals surface area contributed by atoms with Gasteiger partial charge in [-0.2, -0.15) is 0 Å². The lowest BCUT2D eigenvalue weighted by Crippen LogP contribution is -1.90. The van der Waals surface area contributed by atoms with Gasteiger partial charge in [-0.1, -0.05) is 6.07 Å². The maximum atomic E-state index is 12.5. The van der Waals surface area contributed by atoms with Crippen LogP contribution in [0, 0.1) is 9.39 Å². The predicted molar refractivity (Wildman–Crippen MR) is 50.8 cm³/mol. The number of halogens is 3. The minimum atomic E-state index is -0.254. The fourth-order valence-corrected chi connectivity index (χ4v) is 0.880. The summed E-state index contributed by atoms with van der Waals surface area (Å²) >= 11 is 1.87. The van der Waals surface area contributed by atoms with E-state index in [0.29, 0.717) is 9.26 Å². The van der Waals surface area contributed by atoms with Crippen LogP contribution in [-0.2, 0) is 0 Å². The number of anilines is 1. The Labute approximate surface area is 78.4 Å². The Morgan fingerprint density at radius 2 is 2.00 bits per heavy atom. The highest BCUT2D eigenvalue weighted by Gasteiger charge is 1.98. The molecule has 1 aromatic rings. The summed E-state index contributed by atoms with van der Waals surface area (Å²) < 4.78 is 13.0. The molecular formula is C6H6ClFIN. The van der Waals surface area contributed by atoms with Gasteiger partial charge in [-0.3, -0.25) is 0 Å². The largest absolute Gasteiger partial charge is 0.398 e. The zero-order valence-corrected chi connectivity index (χ0v) is 7.95. The van der Waals surface area contributed by atoms with Gasteiger partial charge in [0.05, 0.1) is 3.57 Å². The zero-order valence-electron chi connectivity index (χ0n) is 4.97. The molecule has 0 bridgehead atoms. The minimum absolute atomic E-state index is 0. The third-order valence-corrected chi connectivity index (χ3v) is 2.12. The van der Waals surface area contributed by atoms with E-state index in [1.807, 2.05) is 22.6 Å². The number of rotatable bonds is 0. The van der Waals surface area contributed by atoms with Crippen molar-refractivity contribution in [2.45, 2.75) is 0 Å². The van der Waals surface area contributed by atoms with Gasteiger partial charge >= 0.3 is 0 Å². The molecule has 4 heteroatoms. The summed E-state index contributed by atoms with van der Waals surface area (Å²) in [5.74, 6) is -0.254. The summed E-state index contributed by atoms with van der Waals surface area (Å²) in [6.45, 7) is 0. The van der Waals surface area contributed by atoms with Crippen LogP contribution in [0.1, 0.15) is 0 Å². The molecule has 2 N–H and O–H groups in total. The summed E-state index contributed by atoms with van der Waals surface area (Å²) in [4.78, 5) is 0. The van der Waals surface area contributed by atoms with Crippen molar-refractivity contribution in [1.29, 1.82) is 0 Å². The molecule has 0 atom stereocenters. The van der Waals surface area contributed by atoms with Crippen LogP contribution < -0.4 is 5.73 Å². The molecule has 0 saturated heterocycles. The molecule has 10 heavy (non-hydrogen) atoms. The Morgan fingerprint density at radius 3 is 2.40 bits per heavy atom. The van der Waals surface area contributed by atoms with Crippen LogP contribution in [0.25, 0.3) is 0 Å². The van der Waals surface area contributed by atoms with Crippen LogP contribution in [0.5, 0.6) is 0 Å². The number of nitrogens with two attached hydrogens (primary N) is 1. The van der Waals surface area contributed by atoms with Crippen LogP contribution in [0.15, 0.2) is 18.2 Å². The Bertz CT molecular complexity index is 209. The molecule has 0 unspecified atom stereocenters. The van der Waals surface area contributed by atoms with Gasteiger partial charge in [-0.15, -0.1) is 12.4 Å². The second-order valence-corrected chi connectivity index (χ2v) is 2.72. The molecular weight excluding hydrogens is 267 g/mol. The highest BCUT2D eigenvalue weighted by molar-refractivity contribution is 14.1. The first-order valence-corrected chi connectivity index (χ1v) is 3.49. The van der Waals surface area contributed by atoms with E-state index in [1.54, 1.807) is 12.1 Å². The average molecular weight is 273 g/mol. The first kappa shape index (κ1) is 9.97. The molecule has 0 radical (unpaired) electrons. The Kier molecular flexibility index (Phi) is 3.96. The van der Waals surface area contributed by atoms with Gasteiger partial charge in [0.2, 0.25) is 0 Å². The molecule has 0 heterocycles. The second kappa shape index (κ2) is 3.98. The van der Waals surface area contributed by atoms with Gasteiger partial charge in [0.1, 0.15) is 5.82 Å². The van der Waals surface area contributed by atoms with Crippen molar-refractivity contribution in [1.82, 2.24) is 0 Å². The van der Waals surface area contributed by atoms with Gasteiger partial charge in [0.25, 0.3) is 0 Å². The van der Waals surface area contributed by atoms with Gasteiger partial charge in [0, 0.05) is 5.69 Å². The second-order valence-electron chi connectivity index (χ2n) is 1.64. The van der Waals surface area contributed by atoms with Crippen molar-refractivity contribution in [3.05, 3.63) is 27.6 Å². The first-order valence-electron chi connectivity index (χ1n) is 2.41. The van der Waals surface area contributed by atoms with Gasteiger partial charge in [-0.25, -0.2) is 4.39 Å². The molecule has 0 aromatic heterocycles. The van der Waals surface area contributed by atoms with Crippen LogP contribution in [0.3, 0.4) is 0 Å². The van der Waals surface area contributed by atoms with Crippen LogP contribution >= 0.6 is 35.0 Å². The molecule has 1 nitrogen and oxygen atoms in total. The van der Waals surface area contributed by atoms with Crippen molar-refractivity contribution in [2.75, 3.05) is 5.73 Å². The predicted octanol–water partition coefficient (Wildman–Crippen LogP) is 2.43. The summed E-state index contributed by atoms with van der Waals surface area (Å²) in [5.41, 5.74) is 5.87. The van der Waals surface area contributed by atoms with Gasteiger partial charge in [0.15, 0.2) is 0 Å². The van der Waals surface area contributed by atoms with Crippen molar-refractivity contribution < 1.29 is 4.39 Å². The van der Waals surface area contributed by atoms with Gasteiger partial charge in [-0.05, 0) is 34.7 Å². The lowest BCUT2D eigenvalue weighted by molar-refractivity contribution is 0.621. The topological polar surface area (TPSA) is 26.0 Å². The summed E-state index contributed by atoms with van der Waals surface area (Å²) in [6, 6.07) is 4.65. The standard InChI is InChI=1S/C6H5FIN.ClH/c7-4-2-1-3-5(9)6(4)8;/h1-3H,9H2;1H. The molecule has 0 aliphatic heterocycles. The van der Waals surface area contributed by atoms with Gasteiger partial charge < -0.3 is 5.73 Å². The van der Waals surface area contributed by atoms with Crippen molar-refractivity contribution >= 4 is 40.7 Å². The van der Waals surface area contributed by atoms with E-state index >= 15 is 0 Å². The normalized spacial score (nSPS) is 8.60. The van der Waals surface area contributed by atoms with E-state index in [-0.39, 0.29) is 18.2 Å². The summed E-state index contributed by atoms with van der Waals surface area (Å²) in [7, 11) is 0. The van der Waals surface area contributed by atoms with E-state index in [9.17, 15) is 4.39 Å². The summed E-state index contributed by atoms with van der Waals surface area (Å²) in [6.07, 6.45) is 0. The average Bonchev–Trinajstić information content (AvgIpc) is 1.83. The number of hydrogen-bond donors (Lipinski definition) is 1. The van der Waals surface area contributed by atoms with E-state index in [4.69, 9.17) is 5.73 Å². The van der Waals surface area contributed by atoms with Crippen LogP contribution in [0.2, 0.25) is 0 Å². The molecule has 56 valence electrons. The number of hydrogen-bond acceptors (Lipinski definition) is 1. The Balaban J connectivity index is 0.000000810. The molecule has 0 fully saturated rings. The zero-order chi connectivity index (χ0) is 6.85. The number of nitrogen functional groups attached to an aromatic ring is 1. The molecule has 0 amide bonds. The van der Waals surface area contributed by atoms with E-state index in [2.05, 4.69) is 0 Å². The Morgan fingerprint density at radius 1 is 1.40 bits per heavy atom. The SMILES string of the molecule is Cl.Nc1cccc(F)c1I. The molecule has 0 aliphatic rings. The first-order chi connectivity index (χ1) is 4.22. The van der Waals surface area contributed by atoms with Crippen LogP contribution in [-0.4, -0.2) is 0 Å². The van der Waals surface area contributed by atoms with Crippen molar-refractivity contribution in [3.8, 4) is 0 Å². The monoisotopic (exact) mass is 273 g/mol. The van der Waals surface area contributed by atoms with E-state index in [1.165, 1.54) is 6.07 Å². The Hall–Kier alpha value is -0.0300. The van der Waals surface area contributed by atoms with Crippen LogP contribution in [0.4, 0.5) is 10.1 Å². The molecule has 0 saturated carbocycles. The highest BCUT2D eigenvalue weighted by Crippen LogP contribution is 2.16. The van der Waals surface area contributed by atoms with E-state index < -0.39 is 0 Å². The van der Waals surface area contributed by atoms with E-state index in [0.717, 1.165) is 0 Å². The van der Waals surface area contributed by atoms with Crippen molar-refractivity contribution in [3.63, 3.8) is 0 Å². The lowest BCUT2D eigenvalue weighted by Gasteiger charge is -1.95. The summed E-state index contributed by atoms with van der Waals surface area (Å²) in [5, 5.41) is 0. The smallest absolute Gasteiger partial charge is 0.138 e. The third-order valence-electron chi connectivity index (χ3n) is 0.981. The molecule has 0 spiro atoms. The third kappa shape index (κ3) is 1.98. The number of benzene rings is 1. The fraction of sp³-hybridized carbons (Fsp3) is 0. The highest BCUT2D eigenvalue weighted by atomic mass is 127. The maximum absolute atomic E-state index is 12.5. The van der Waals surface area contributed by atoms with Crippen molar-refractivity contribution in [2.24, 2.45) is 0 Å². The molecule has 1 rings (SSSR count). The lowest BCUT2D eigenvalue weighted by atomic mass is 10.3. The maximum Gasteiger partial charge on any atom is 0.138 e. The quantitative estimate of drug-likeness (QED) is 0.570. The molecule has 1 aromatic carbocycles. The molecule has 0 aliphatic carbocycles. The minimum Gasteiger partial charge on any atom is -0.398 e.